The molecule has 10 heteroatoms. The lowest BCUT2D eigenvalue weighted by atomic mass is 9.97. The highest BCUT2D eigenvalue weighted by atomic mass is 35.5. The van der Waals surface area contributed by atoms with E-state index >= 15 is 0 Å². The number of rotatable bonds is 4. The van der Waals surface area contributed by atoms with Crippen LogP contribution in [0, 0.1) is 11.7 Å². The number of pyridine rings is 1. The third kappa shape index (κ3) is 4.30. The van der Waals surface area contributed by atoms with Gasteiger partial charge in [0.15, 0.2) is 11.0 Å². The van der Waals surface area contributed by atoms with Crippen LogP contribution in [0.15, 0.2) is 35.2 Å². The number of hydrogen-bond donors (Lipinski definition) is 2. The summed E-state index contributed by atoms with van der Waals surface area (Å²) in [7, 11) is -4.21. The lowest BCUT2D eigenvalue weighted by molar-refractivity contribution is 0.0981. The van der Waals surface area contributed by atoms with Crippen LogP contribution in [0.1, 0.15) is 37.6 Å². The predicted octanol–water partition coefficient (Wildman–Crippen LogP) is 3.20. The molecule has 2 heterocycles. The van der Waals surface area contributed by atoms with Gasteiger partial charge in [0.1, 0.15) is 5.82 Å². The lowest BCUT2D eigenvalue weighted by Gasteiger charge is -2.33. The van der Waals surface area contributed by atoms with Gasteiger partial charge in [-0.05, 0) is 50.5 Å². The van der Waals surface area contributed by atoms with E-state index in [1.54, 1.807) is 0 Å². The summed E-state index contributed by atoms with van der Waals surface area (Å²) in [5.74, 6) is -1.46. The molecule has 29 heavy (non-hydrogen) atoms. The van der Waals surface area contributed by atoms with E-state index in [2.05, 4.69) is 11.9 Å². The zero-order valence-corrected chi connectivity index (χ0v) is 17.8. The molecule has 3 N–H and O–H groups in total. The number of sulfonamides is 1. The summed E-state index contributed by atoms with van der Waals surface area (Å²) in [6.07, 6.45) is 0.826. The Morgan fingerprint density at radius 1 is 1.38 bits per heavy atom. The fraction of sp³-hybridized carbons (Fsp3) is 0.368. The van der Waals surface area contributed by atoms with Crippen LogP contribution in [0.2, 0.25) is 5.15 Å². The average molecular weight is 441 g/mol. The largest absolute Gasteiger partial charge is 0.399 e. The van der Waals surface area contributed by atoms with Crippen LogP contribution in [0.5, 0.6) is 0 Å². The van der Waals surface area contributed by atoms with Crippen LogP contribution in [0.3, 0.4) is 0 Å². The number of amides is 1. The molecule has 1 saturated heterocycles. The van der Waals surface area contributed by atoms with Crippen LogP contribution in [-0.2, 0) is 10.0 Å². The lowest BCUT2D eigenvalue weighted by Crippen LogP contribution is -2.41. The number of carbonyl (C=O) groups is 1. The molecule has 0 spiro atoms. The molecule has 3 rings (SSSR count). The second-order valence-electron chi connectivity index (χ2n) is 7.87. The Balaban J connectivity index is 2.02. The highest BCUT2D eigenvalue weighted by Crippen LogP contribution is 2.38. The third-order valence-corrected chi connectivity index (χ3v) is 6.48. The average Bonchev–Trinajstić information content (AvgIpc) is 2.88. The molecule has 0 bridgehead atoms. The highest BCUT2D eigenvalue weighted by Gasteiger charge is 2.39. The third-order valence-electron chi connectivity index (χ3n) is 4.88. The van der Waals surface area contributed by atoms with Crippen molar-refractivity contribution in [3.05, 3.63) is 46.9 Å². The minimum absolute atomic E-state index is 0.144. The topological polar surface area (TPSA) is 105 Å². The molecule has 1 aliphatic heterocycles. The van der Waals surface area contributed by atoms with Crippen LogP contribution in [0.4, 0.5) is 15.9 Å². The Morgan fingerprint density at radius 2 is 2.07 bits per heavy atom. The molecule has 1 aromatic carbocycles. The Morgan fingerprint density at radius 3 is 2.66 bits per heavy atom. The molecular formula is C19H22ClFN4O3S. The summed E-state index contributed by atoms with van der Waals surface area (Å²) in [6.45, 7) is 6.57. The molecule has 1 amide bonds. The first kappa shape index (κ1) is 21.3. The molecule has 1 aliphatic rings. The molecule has 1 atom stereocenters. The van der Waals surface area contributed by atoms with Crippen molar-refractivity contribution in [1.29, 1.82) is 0 Å². The van der Waals surface area contributed by atoms with E-state index in [0.29, 0.717) is 12.5 Å². The summed E-state index contributed by atoms with van der Waals surface area (Å²) in [5, 5.41) is -0.384. The van der Waals surface area contributed by atoms with Gasteiger partial charge in [-0.15, -0.1) is 0 Å². The van der Waals surface area contributed by atoms with Crippen LogP contribution in [-0.4, -0.2) is 31.4 Å². The summed E-state index contributed by atoms with van der Waals surface area (Å²) >= 11 is 5.87. The summed E-state index contributed by atoms with van der Waals surface area (Å²) in [6, 6.07) is 6.42. The number of nitrogens with zero attached hydrogens (tertiary/aromatic N) is 2. The van der Waals surface area contributed by atoms with Gasteiger partial charge in [0.05, 0.1) is 10.5 Å². The van der Waals surface area contributed by atoms with Gasteiger partial charge in [0.2, 0.25) is 0 Å². The van der Waals surface area contributed by atoms with Crippen molar-refractivity contribution in [3.63, 3.8) is 0 Å². The number of nitrogens with one attached hydrogen (secondary N) is 1. The number of nitrogens with two attached hydrogens (primary N) is 1. The van der Waals surface area contributed by atoms with Gasteiger partial charge < -0.3 is 10.6 Å². The van der Waals surface area contributed by atoms with Gasteiger partial charge in [-0.1, -0.05) is 24.6 Å². The Bertz CT molecular complexity index is 1080. The molecule has 0 aliphatic carbocycles. The SMILES string of the molecule is C[C@@H]1CN(c2nc(Cl)c(F)cc2C(=O)NS(=O)(=O)c2cccc(N)c2)C(C)(C)C1. The fourth-order valence-corrected chi connectivity index (χ4v) is 4.86. The molecule has 0 unspecified atom stereocenters. The van der Waals surface area contributed by atoms with E-state index in [1.165, 1.54) is 24.3 Å². The number of hydrogen-bond acceptors (Lipinski definition) is 6. The molecule has 1 aromatic heterocycles. The van der Waals surface area contributed by atoms with Gasteiger partial charge in [-0.2, -0.15) is 0 Å². The number of anilines is 2. The number of nitrogen functional groups attached to an aromatic ring is 1. The summed E-state index contributed by atoms with van der Waals surface area (Å²) in [4.78, 5) is 18.6. The first-order valence-electron chi connectivity index (χ1n) is 8.97. The molecule has 2 aromatic rings. The van der Waals surface area contributed by atoms with Gasteiger partial charge in [0.25, 0.3) is 15.9 Å². The number of aromatic nitrogens is 1. The number of carbonyl (C=O) groups excluding carboxylic acids is 1. The van der Waals surface area contributed by atoms with E-state index in [1.807, 2.05) is 23.5 Å². The maximum absolute atomic E-state index is 14.1. The maximum atomic E-state index is 14.1. The molecule has 0 saturated carbocycles. The van der Waals surface area contributed by atoms with Crippen molar-refractivity contribution in [2.75, 3.05) is 17.2 Å². The van der Waals surface area contributed by atoms with E-state index < -0.39 is 21.7 Å². The first-order chi connectivity index (χ1) is 13.4. The standard InChI is InChI=1S/C19H22ClFN4O3S/c1-11-9-19(2,3)25(10-11)17-14(8-15(21)16(20)23-17)18(26)24-29(27,28)13-6-4-5-12(22)7-13/h4-8,11H,9-10,22H2,1-3H3,(H,24,26)/t11-/m0/s1. The van der Waals surface area contributed by atoms with E-state index in [9.17, 15) is 17.6 Å². The van der Waals surface area contributed by atoms with Crippen molar-refractivity contribution in [3.8, 4) is 0 Å². The van der Waals surface area contributed by atoms with Crippen molar-refractivity contribution in [1.82, 2.24) is 9.71 Å². The second-order valence-corrected chi connectivity index (χ2v) is 9.91. The molecule has 1 fully saturated rings. The van der Waals surface area contributed by atoms with E-state index in [4.69, 9.17) is 17.3 Å². The zero-order chi connectivity index (χ0) is 21.6. The van der Waals surface area contributed by atoms with Crippen LogP contribution < -0.4 is 15.4 Å². The predicted molar refractivity (Wildman–Crippen MR) is 110 cm³/mol. The Labute approximate surface area is 174 Å². The first-order valence-corrected chi connectivity index (χ1v) is 10.8. The normalized spacial score (nSPS) is 18.7. The zero-order valence-electron chi connectivity index (χ0n) is 16.2. The fourth-order valence-electron chi connectivity index (χ4n) is 3.71. The van der Waals surface area contributed by atoms with Gasteiger partial charge in [-0.3, -0.25) is 4.79 Å². The maximum Gasteiger partial charge on any atom is 0.268 e. The van der Waals surface area contributed by atoms with Gasteiger partial charge in [0, 0.05) is 17.8 Å². The van der Waals surface area contributed by atoms with Gasteiger partial charge in [-0.25, -0.2) is 22.5 Å². The molecule has 0 radical (unpaired) electrons. The van der Waals surface area contributed by atoms with Crippen molar-refractivity contribution in [2.45, 2.75) is 37.6 Å². The monoisotopic (exact) mass is 440 g/mol. The quantitative estimate of drug-likeness (QED) is 0.558. The molecular weight excluding hydrogens is 419 g/mol. The van der Waals surface area contributed by atoms with Crippen molar-refractivity contribution >= 4 is 39.0 Å². The Kier molecular flexibility index (Phi) is 5.48. The van der Waals surface area contributed by atoms with Crippen LogP contribution in [0.25, 0.3) is 0 Å². The van der Waals surface area contributed by atoms with Crippen molar-refractivity contribution in [2.24, 2.45) is 5.92 Å². The minimum atomic E-state index is -4.21. The second kappa shape index (κ2) is 7.46. The van der Waals surface area contributed by atoms with Crippen molar-refractivity contribution < 1.29 is 17.6 Å². The van der Waals surface area contributed by atoms with E-state index in [0.717, 1.165) is 12.5 Å². The minimum Gasteiger partial charge on any atom is -0.399 e. The smallest absolute Gasteiger partial charge is 0.268 e. The molecule has 156 valence electrons. The van der Waals surface area contributed by atoms with Crippen LogP contribution >= 0.6 is 11.6 Å². The number of benzene rings is 1. The summed E-state index contributed by atoms with van der Waals surface area (Å²) < 4.78 is 41.3. The number of halogens is 2. The van der Waals surface area contributed by atoms with Gasteiger partial charge >= 0.3 is 0 Å². The summed E-state index contributed by atoms with van der Waals surface area (Å²) in [5.41, 5.74) is 5.28. The highest BCUT2D eigenvalue weighted by molar-refractivity contribution is 7.90. The Hall–Kier alpha value is -2.39. The molecule has 7 nitrogen and oxygen atoms in total. The van der Waals surface area contributed by atoms with E-state index in [-0.39, 0.29) is 32.7 Å².